The van der Waals surface area contributed by atoms with E-state index in [1.807, 2.05) is 0 Å². The van der Waals surface area contributed by atoms with Gasteiger partial charge in [-0.25, -0.2) is 0 Å². The van der Waals surface area contributed by atoms with Gasteiger partial charge < -0.3 is 5.73 Å². The third-order valence-electron chi connectivity index (χ3n) is 3.51. The maximum Gasteiger partial charge on any atom is 0.0271 e. The Kier molecular flexibility index (Phi) is 4.82. The Bertz CT molecular complexity index is 338. The molecule has 0 fully saturated rings. The first-order valence-electron chi connectivity index (χ1n) is 5.20. The van der Waals surface area contributed by atoms with Crippen molar-refractivity contribution in [1.82, 2.24) is 0 Å². The van der Waals surface area contributed by atoms with Crippen molar-refractivity contribution >= 4 is 12.4 Å². The highest BCUT2D eigenvalue weighted by Gasteiger charge is 2.14. The van der Waals surface area contributed by atoms with Crippen LogP contribution in [0.3, 0.4) is 0 Å². The summed E-state index contributed by atoms with van der Waals surface area (Å²) in [7, 11) is 0. The Labute approximate surface area is 99.5 Å². The van der Waals surface area contributed by atoms with Crippen molar-refractivity contribution in [2.45, 2.75) is 47.6 Å². The van der Waals surface area contributed by atoms with Crippen LogP contribution in [0.1, 0.15) is 46.3 Å². The van der Waals surface area contributed by atoms with E-state index in [1.165, 1.54) is 33.4 Å². The Balaban J connectivity index is 0.00000196. The monoisotopic (exact) mass is 227 g/mol. The van der Waals surface area contributed by atoms with Crippen LogP contribution in [0.2, 0.25) is 0 Å². The number of hydrogen-bond acceptors (Lipinski definition) is 1. The van der Waals surface area contributed by atoms with Crippen molar-refractivity contribution < 1.29 is 0 Å². The van der Waals surface area contributed by atoms with Gasteiger partial charge in [0, 0.05) is 6.04 Å². The van der Waals surface area contributed by atoms with E-state index in [2.05, 4.69) is 41.5 Å². The predicted octanol–water partition coefficient (Wildman–Crippen LogP) is 3.67. The third kappa shape index (κ3) is 2.35. The molecule has 2 heteroatoms. The fraction of sp³-hybridized carbons (Fsp3) is 0.538. The molecule has 0 spiro atoms. The van der Waals surface area contributed by atoms with Crippen molar-refractivity contribution in [2.75, 3.05) is 0 Å². The Morgan fingerprint density at radius 2 is 1.00 bits per heavy atom. The lowest BCUT2D eigenvalue weighted by Crippen LogP contribution is -2.12. The SMILES string of the molecule is Cc1c(C)c(C)c([C@H](C)N)c(C)c1C.Cl. The standard InChI is InChI=1S/C13H21N.ClH/c1-7-8(2)10(4)13(12(6)14)11(5)9(7)3;/h12H,14H2,1-6H3;1H/t12-;/m0./s1. The molecule has 0 radical (unpaired) electrons. The lowest BCUT2D eigenvalue weighted by molar-refractivity contribution is 0.795. The second-order valence-corrected chi connectivity index (χ2v) is 4.33. The summed E-state index contributed by atoms with van der Waals surface area (Å²) in [6.07, 6.45) is 0. The second-order valence-electron chi connectivity index (χ2n) is 4.33. The average molecular weight is 228 g/mol. The molecule has 15 heavy (non-hydrogen) atoms. The largest absolute Gasteiger partial charge is 0.324 e. The van der Waals surface area contributed by atoms with Gasteiger partial charge in [-0.1, -0.05) is 0 Å². The van der Waals surface area contributed by atoms with Crippen LogP contribution in [0.15, 0.2) is 0 Å². The maximum atomic E-state index is 6.00. The quantitative estimate of drug-likeness (QED) is 0.779. The summed E-state index contributed by atoms with van der Waals surface area (Å²) in [5, 5.41) is 0. The van der Waals surface area contributed by atoms with Crippen LogP contribution in [-0.4, -0.2) is 0 Å². The van der Waals surface area contributed by atoms with Gasteiger partial charge in [-0.15, -0.1) is 12.4 Å². The molecule has 0 aliphatic heterocycles. The molecule has 0 amide bonds. The number of hydrogen-bond donors (Lipinski definition) is 1. The van der Waals surface area contributed by atoms with E-state index in [0.717, 1.165) is 0 Å². The second kappa shape index (κ2) is 5.00. The van der Waals surface area contributed by atoms with Gasteiger partial charge in [-0.3, -0.25) is 0 Å². The van der Waals surface area contributed by atoms with Gasteiger partial charge in [0.2, 0.25) is 0 Å². The van der Waals surface area contributed by atoms with Gasteiger partial charge in [0.25, 0.3) is 0 Å². The summed E-state index contributed by atoms with van der Waals surface area (Å²) >= 11 is 0. The molecule has 1 rings (SSSR count). The molecule has 86 valence electrons. The molecule has 0 aliphatic rings. The van der Waals surface area contributed by atoms with Gasteiger partial charge >= 0.3 is 0 Å². The highest BCUT2D eigenvalue weighted by Crippen LogP contribution is 2.29. The molecule has 0 unspecified atom stereocenters. The number of benzene rings is 1. The predicted molar refractivity (Wildman–Crippen MR) is 70.0 cm³/mol. The first-order chi connectivity index (χ1) is 6.37. The molecule has 2 N–H and O–H groups in total. The van der Waals surface area contributed by atoms with Crippen LogP contribution in [0.5, 0.6) is 0 Å². The minimum absolute atomic E-state index is 0. The first kappa shape index (κ1) is 14.5. The normalized spacial score (nSPS) is 12.2. The van der Waals surface area contributed by atoms with Crippen LogP contribution in [0.4, 0.5) is 0 Å². The minimum atomic E-state index is 0. The minimum Gasteiger partial charge on any atom is -0.324 e. The van der Waals surface area contributed by atoms with Gasteiger partial charge in [0.05, 0.1) is 0 Å². The first-order valence-corrected chi connectivity index (χ1v) is 5.20. The molecule has 0 bridgehead atoms. The van der Waals surface area contributed by atoms with Gasteiger partial charge in [0.1, 0.15) is 0 Å². The van der Waals surface area contributed by atoms with Crippen LogP contribution < -0.4 is 5.73 Å². The zero-order valence-corrected chi connectivity index (χ0v) is 11.4. The van der Waals surface area contributed by atoms with Crippen LogP contribution in [0.25, 0.3) is 0 Å². The van der Waals surface area contributed by atoms with E-state index in [1.54, 1.807) is 0 Å². The lowest BCUT2D eigenvalue weighted by atomic mass is 9.87. The molecule has 1 aromatic rings. The summed E-state index contributed by atoms with van der Waals surface area (Å²) < 4.78 is 0. The lowest BCUT2D eigenvalue weighted by Gasteiger charge is -2.20. The molecule has 0 saturated carbocycles. The molecule has 1 atom stereocenters. The van der Waals surface area contributed by atoms with Crippen molar-refractivity contribution in [3.05, 3.63) is 33.4 Å². The van der Waals surface area contributed by atoms with E-state index in [-0.39, 0.29) is 18.4 Å². The van der Waals surface area contributed by atoms with Gasteiger partial charge in [0.15, 0.2) is 0 Å². The van der Waals surface area contributed by atoms with Crippen LogP contribution >= 0.6 is 12.4 Å². The van der Waals surface area contributed by atoms with Crippen molar-refractivity contribution in [3.8, 4) is 0 Å². The smallest absolute Gasteiger partial charge is 0.0271 e. The average Bonchev–Trinajstić information content (AvgIpc) is 2.11. The van der Waals surface area contributed by atoms with Crippen molar-refractivity contribution in [2.24, 2.45) is 5.73 Å². The van der Waals surface area contributed by atoms with E-state index < -0.39 is 0 Å². The maximum absolute atomic E-state index is 6.00. The fourth-order valence-electron chi connectivity index (χ4n) is 2.21. The van der Waals surface area contributed by atoms with Crippen LogP contribution in [-0.2, 0) is 0 Å². The van der Waals surface area contributed by atoms with E-state index in [0.29, 0.717) is 0 Å². The summed E-state index contributed by atoms with van der Waals surface area (Å²) in [5.41, 5.74) is 14.2. The summed E-state index contributed by atoms with van der Waals surface area (Å²) in [5.74, 6) is 0. The molecule has 0 heterocycles. The molecule has 1 nitrogen and oxygen atoms in total. The molecular weight excluding hydrogens is 206 g/mol. The Morgan fingerprint density at radius 3 is 1.27 bits per heavy atom. The van der Waals surface area contributed by atoms with E-state index in [4.69, 9.17) is 5.73 Å². The summed E-state index contributed by atoms with van der Waals surface area (Å²) in [6.45, 7) is 13.0. The Hall–Kier alpha value is -0.530. The molecule has 0 saturated heterocycles. The van der Waals surface area contributed by atoms with Gasteiger partial charge in [-0.05, 0) is 74.9 Å². The van der Waals surface area contributed by atoms with Crippen molar-refractivity contribution in [3.63, 3.8) is 0 Å². The number of nitrogens with two attached hydrogens (primary N) is 1. The van der Waals surface area contributed by atoms with Crippen molar-refractivity contribution in [1.29, 1.82) is 0 Å². The highest BCUT2D eigenvalue weighted by atomic mass is 35.5. The topological polar surface area (TPSA) is 26.0 Å². The number of halogens is 1. The summed E-state index contributed by atoms with van der Waals surface area (Å²) in [4.78, 5) is 0. The molecule has 0 aliphatic carbocycles. The zero-order valence-electron chi connectivity index (χ0n) is 10.6. The molecule has 0 aromatic heterocycles. The summed E-state index contributed by atoms with van der Waals surface area (Å²) in [6, 6.07) is 0.132. The van der Waals surface area contributed by atoms with E-state index in [9.17, 15) is 0 Å². The Morgan fingerprint density at radius 1 is 0.733 bits per heavy atom. The molecular formula is C13H22ClN. The zero-order chi connectivity index (χ0) is 11.0. The van der Waals surface area contributed by atoms with Gasteiger partial charge in [-0.2, -0.15) is 0 Å². The van der Waals surface area contributed by atoms with E-state index >= 15 is 0 Å². The molecule has 1 aromatic carbocycles. The van der Waals surface area contributed by atoms with Crippen LogP contribution in [0, 0.1) is 34.6 Å². The highest BCUT2D eigenvalue weighted by molar-refractivity contribution is 5.85. The number of rotatable bonds is 1. The fourth-order valence-corrected chi connectivity index (χ4v) is 2.21. The third-order valence-corrected chi connectivity index (χ3v) is 3.51.